The van der Waals surface area contributed by atoms with Crippen LogP contribution >= 0.6 is 0 Å². The van der Waals surface area contributed by atoms with Crippen LogP contribution in [0.2, 0.25) is 0 Å². The summed E-state index contributed by atoms with van der Waals surface area (Å²) >= 11 is 0. The van der Waals surface area contributed by atoms with Gasteiger partial charge in [0.2, 0.25) is 0 Å². The molecule has 1 aliphatic rings. The zero-order valence-corrected chi connectivity index (χ0v) is 15.2. The Morgan fingerprint density at radius 1 is 1.19 bits per heavy atom. The number of hydrogen-bond acceptors (Lipinski definition) is 6. The van der Waals surface area contributed by atoms with Crippen LogP contribution in [0.25, 0.3) is 11.5 Å². The number of benzene rings is 1. The van der Waals surface area contributed by atoms with Gasteiger partial charge in [0.15, 0.2) is 5.82 Å². The van der Waals surface area contributed by atoms with E-state index in [2.05, 4.69) is 62.3 Å². The monoisotopic (exact) mass is 349 g/mol. The molecule has 1 saturated heterocycles. The Morgan fingerprint density at radius 3 is 2.81 bits per heavy atom. The van der Waals surface area contributed by atoms with E-state index in [0.29, 0.717) is 17.8 Å². The fourth-order valence-electron chi connectivity index (χ4n) is 3.52. The van der Waals surface area contributed by atoms with Gasteiger partial charge >= 0.3 is 0 Å². The minimum atomic E-state index is 0.495. The molecule has 1 aromatic carbocycles. The van der Waals surface area contributed by atoms with Gasteiger partial charge in [0.05, 0.1) is 5.56 Å². The van der Waals surface area contributed by atoms with Crippen molar-refractivity contribution in [3.63, 3.8) is 0 Å². The summed E-state index contributed by atoms with van der Waals surface area (Å²) < 4.78 is 5.37. The SMILES string of the molecule is Cc1noc(-c2cccnc2N2CCC(N(C)Cc3ccccc3)C2)n1. The van der Waals surface area contributed by atoms with Crippen LogP contribution in [0.5, 0.6) is 0 Å². The molecule has 2 aromatic heterocycles. The van der Waals surface area contributed by atoms with Gasteiger partial charge in [-0.3, -0.25) is 4.90 Å². The first kappa shape index (κ1) is 16.7. The predicted octanol–water partition coefficient (Wildman–Crippen LogP) is 3.15. The van der Waals surface area contributed by atoms with E-state index >= 15 is 0 Å². The van der Waals surface area contributed by atoms with Gasteiger partial charge in [-0.1, -0.05) is 35.5 Å². The first-order valence-electron chi connectivity index (χ1n) is 8.95. The molecule has 0 amide bonds. The highest BCUT2D eigenvalue weighted by molar-refractivity contribution is 5.70. The number of nitrogens with zero attached hydrogens (tertiary/aromatic N) is 5. The second-order valence-electron chi connectivity index (χ2n) is 6.81. The fraction of sp³-hybridized carbons (Fsp3) is 0.350. The molecule has 0 aliphatic carbocycles. The Balaban J connectivity index is 1.49. The molecule has 4 rings (SSSR count). The summed E-state index contributed by atoms with van der Waals surface area (Å²) in [6, 6.07) is 15.0. The molecule has 3 aromatic rings. The van der Waals surface area contributed by atoms with Crippen molar-refractivity contribution < 1.29 is 4.52 Å². The van der Waals surface area contributed by atoms with E-state index in [1.54, 1.807) is 0 Å². The molecule has 134 valence electrons. The van der Waals surface area contributed by atoms with Crippen LogP contribution in [-0.2, 0) is 6.54 Å². The van der Waals surface area contributed by atoms with Crippen LogP contribution in [0.3, 0.4) is 0 Å². The highest BCUT2D eigenvalue weighted by Crippen LogP contribution is 2.30. The molecule has 0 saturated carbocycles. The summed E-state index contributed by atoms with van der Waals surface area (Å²) in [4.78, 5) is 13.7. The summed E-state index contributed by atoms with van der Waals surface area (Å²) in [6.45, 7) is 4.70. The van der Waals surface area contributed by atoms with E-state index in [0.717, 1.165) is 37.4 Å². The lowest BCUT2D eigenvalue weighted by Crippen LogP contribution is -2.34. The molecule has 6 heteroatoms. The van der Waals surface area contributed by atoms with Crippen molar-refractivity contribution in [3.8, 4) is 11.5 Å². The Hall–Kier alpha value is -2.73. The van der Waals surface area contributed by atoms with Gasteiger partial charge in [0, 0.05) is 31.9 Å². The summed E-state index contributed by atoms with van der Waals surface area (Å²) in [5.41, 5.74) is 2.24. The lowest BCUT2D eigenvalue weighted by molar-refractivity contribution is 0.250. The van der Waals surface area contributed by atoms with Gasteiger partial charge in [-0.25, -0.2) is 4.98 Å². The third-order valence-corrected chi connectivity index (χ3v) is 4.91. The van der Waals surface area contributed by atoms with Crippen LogP contribution in [0.1, 0.15) is 17.8 Å². The maximum absolute atomic E-state index is 5.37. The van der Waals surface area contributed by atoms with Crippen LogP contribution in [0, 0.1) is 6.92 Å². The minimum absolute atomic E-state index is 0.495. The third-order valence-electron chi connectivity index (χ3n) is 4.91. The highest BCUT2D eigenvalue weighted by Gasteiger charge is 2.29. The second kappa shape index (κ2) is 7.25. The van der Waals surface area contributed by atoms with E-state index in [9.17, 15) is 0 Å². The number of rotatable bonds is 5. The standard InChI is InChI=1S/C20H23N5O/c1-15-22-20(26-23-15)18-9-6-11-21-19(18)25-12-10-17(14-25)24(2)13-16-7-4-3-5-8-16/h3-9,11,17H,10,12-14H2,1-2H3. The first-order chi connectivity index (χ1) is 12.7. The summed E-state index contributed by atoms with van der Waals surface area (Å²) in [5, 5.41) is 3.91. The smallest absolute Gasteiger partial charge is 0.261 e. The van der Waals surface area contributed by atoms with Gasteiger partial charge < -0.3 is 9.42 Å². The fourth-order valence-corrected chi connectivity index (χ4v) is 3.52. The molecule has 1 aliphatic heterocycles. The van der Waals surface area contributed by atoms with E-state index in [-0.39, 0.29) is 0 Å². The van der Waals surface area contributed by atoms with Crippen molar-refractivity contribution in [2.75, 3.05) is 25.0 Å². The zero-order valence-electron chi connectivity index (χ0n) is 15.2. The highest BCUT2D eigenvalue weighted by atomic mass is 16.5. The topological polar surface area (TPSA) is 58.3 Å². The molecule has 0 spiro atoms. The van der Waals surface area contributed by atoms with Crippen molar-refractivity contribution in [3.05, 3.63) is 60.0 Å². The normalized spacial score (nSPS) is 17.2. The number of likely N-dealkylation sites (N-methyl/N-ethyl adjacent to an activating group) is 1. The number of aryl methyl sites for hydroxylation is 1. The van der Waals surface area contributed by atoms with Crippen LogP contribution in [0.15, 0.2) is 53.2 Å². The molecule has 0 bridgehead atoms. The van der Waals surface area contributed by atoms with Gasteiger partial charge in [-0.2, -0.15) is 4.98 Å². The average Bonchev–Trinajstić information content (AvgIpc) is 3.32. The van der Waals surface area contributed by atoms with E-state index in [1.807, 2.05) is 25.3 Å². The van der Waals surface area contributed by atoms with Crippen molar-refractivity contribution >= 4 is 5.82 Å². The molecule has 6 nitrogen and oxygen atoms in total. The van der Waals surface area contributed by atoms with Crippen molar-refractivity contribution in [1.82, 2.24) is 20.0 Å². The average molecular weight is 349 g/mol. The van der Waals surface area contributed by atoms with Gasteiger partial charge in [0.25, 0.3) is 5.89 Å². The maximum Gasteiger partial charge on any atom is 0.261 e. The second-order valence-corrected chi connectivity index (χ2v) is 6.81. The Morgan fingerprint density at radius 2 is 2.04 bits per heavy atom. The van der Waals surface area contributed by atoms with Gasteiger partial charge in [0.1, 0.15) is 5.82 Å². The van der Waals surface area contributed by atoms with Crippen molar-refractivity contribution in [1.29, 1.82) is 0 Å². The number of anilines is 1. The summed E-state index contributed by atoms with van der Waals surface area (Å²) in [7, 11) is 2.20. The van der Waals surface area contributed by atoms with E-state index < -0.39 is 0 Å². The Bertz CT molecular complexity index is 863. The molecular weight excluding hydrogens is 326 g/mol. The van der Waals surface area contributed by atoms with E-state index in [1.165, 1.54) is 5.56 Å². The molecule has 0 N–H and O–H groups in total. The summed E-state index contributed by atoms with van der Waals surface area (Å²) in [5.74, 6) is 2.09. The van der Waals surface area contributed by atoms with E-state index in [4.69, 9.17) is 4.52 Å². The Labute approximate surface area is 153 Å². The van der Waals surface area contributed by atoms with Gasteiger partial charge in [-0.15, -0.1) is 0 Å². The lowest BCUT2D eigenvalue weighted by Gasteiger charge is -2.25. The maximum atomic E-state index is 5.37. The third kappa shape index (κ3) is 3.46. The molecule has 26 heavy (non-hydrogen) atoms. The van der Waals surface area contributed by atoms with Gasteiger partial charge in [-0.05, 0) is 38.1 Å². The molecule has 1 unspecified atom stereocenters. The predicted molar refractivity (Wildman–Crippen MR) is 101 cm³/mol. The molecule has 1 atom stereocenters. The van der Waals surface area contributed by atoms with Crippen molar-refractivity contribution in [2.24, 2.45) is 0 Å². The molecule has 3 heterocycles. The minimum Gasteiger partial charge on any atom is -0.354 e. The molecule has 1 fully saturated rings. The lowest BCUT2D eigenvalue weighted by atomic mass is 10.1. The molecule has 0 radical (unpaired) electrons. The number of hydrogen-bond donors (Lipinski definition) is 0. The summed E-state index contributed by atoms with van der Waals surface area (Å²) in [6.07, 6.45) is 2.94. The van der Waals surface area contributed by atoms with Crippen molar-refractivity contribution in [2.45, 2.75) is 25.9 Å². The van der Waals surface area contributed by atoms with Crippen LogP contribution in [-0.4, -0.2) is 46.2 Å². The number of aromatic nitrogens is 3. The zero-order chi connectivity index (χ0) is 17.9. The molecular formula is C20H23N5O. The number of pyridine rings is 1. The van der Waals surface area contributed by atoms with Crippen LogP contribution < -0.4 is 4.90 Å². The largest absolute Gasteiger partial charge is 0.354 e. The van der Waals surface area contributed by atoms with Crippen LogP contribution in [0.4, 0.5) is 5.82 Å². The first-order valence-corrected chi connectivity index (χ1v) is 8.95. The quantitative estimate of drug-likeness (QED) is 0.705. The Kier molecular flexibility index (Phi) is 4.67.